The van der Waals surface area contributed by atoms with E-state index in [0.717, 1.165) is 38.5 Å². The second kappa shape index (κ2) is 4.97. The monoisotopic (exact) mass is 379 g/mol. The van der Waals surface area contributed by atoms with Crippen molar-refractivity contribution in [2.75, 3.05) is 12.4 Å². The van der Waals surface area contributed by atoms with E-state index in [4.69, 9.17) is 4.74 Å². The Labute approximate surface area is 153 Å². The summed E-state index contributed by atoms with van der Waals surface area (Å²) in [6.07, 6.45) is 6.34. The molecule has 4 saturated carbocycles. The van der Waals surface area contributed by atoms with Crippen LogP contribution in [0.3, 0.4) is 0 Å². The lowest BCUT2D eigenvalue weighted by Crippen LogP contribution is -2.59. The summed E-state index contributed by atoms with van der Waals surface area (Å²) in [7, 11) is -2.62. The van der Waals surface area contributed by atoms with E-state index in [0.29, 0.717) is 25.2 Å². The van der Waals surface area contributed by atoms with E-state index in [1.807, 2.05) is 0 Å². The summed E-state index contributed by atoms with van der Waals surface area (Å²) in [6, 6.07) is 0. The summed E-state index contributed by atoms with van der Waals surface area (Å²) in [5.74, 6) is -0.0511. The number of hydrogen-bond donors (Lipinski definition) is 0. The Bertz CT molecular complexity index is 822. The number of ether oxygens (including phenoxy) is 1. The van der Waals surface area contributed by atoms with Gasteiger partial charge in [-0.1, -0.05) is 0 Å². The van der Waals surface area contributed by atoms with Gasteiger partial charge in [0.25, 0.3) is 5.91 Å². The van der Waals surface area contributed by atoms with Crippen molar-refractivity contribution in [3.8, 4) is 0 Å². The van der Waals surface area contributed by atoms with Crippen molar-refractivity contribution in [3.05, 3.63) is 0 Å². The van der Waals surface area contributed by atoms with Crippen LogP contribution in [0.15, 0.2) is 4.36 Å². The lowest BCUT2D eigenvalue weighted by atomic mass is 9.38. The summed E-state index contributed by atoms with van der Waals surface area (Å²) < 4.78 is 22.4. The summed E-state index contributed by atoms with van der Waals surface area (Å²) in [4.78, 5) is 35.9. The first-order valence-electron chi connectivity index (χ1n) is 9.68. The second-order valence-corrected chi connectivity index (χ2v) is 12.2. The third-order valence-electron chi connectivity index (χ3n) is 7.55. The van der Waals surface area contributed by atoms with Crippen LogP contribution in [-0.2, 0) is 28.8 Å². The van der Waals surface area contributed by atoms with Crippen LogP contribution < -0.4 is 0 Å². The molecule has 0 aromatic carbocycles. The summed E-state index contributed by atoms with van der Waals surface area (Å²) >= 11 is 0. The maximum Gasteiger partial charge on any atom is 0.313 e. The summed E-state index contributed by atoms with van der Waals surface area (Å²) in [5.41, 5.74) is -0.155. The Kier molecular flexibility index (Phi) is 3.23. The molecule has 2 heterocycles. The van der Waals surface area contributed by atoms with Gasteiger partial charge in [0.05, 0.1) is 21.8 Å². The average molecular weight is 379 g/mol. The Hall–Kier alpha value is -1.24. The van der Waals surface area contributed by atoms with E-state index in [1.54, 1.807) is 6.92 Å². The van der Waals surface area contributed by atoms with Gasteiger partial charge in [-0.2, -0.15) is 4.36 Å². The number of ketones is 1. The van der Waals surface area contributed by atoms with Crippen LogP contribution in [0.2, 0.25) is 0 Å². The molecule has 0 N–H and O–H groups in total. The van der Waals surface area contributed by atoms with E-state index in [9.17, 15) is 18.6 Å². The van der Waals surface area contributed by atoms with E-state index in [1.165, 1.54) is 0 Å². The fourth-order valence-corrected chi connectivity index (χ4v) is 9.78. The second-order valence-electron chi connectivity index (χ2n) is 9.65. The topological polar surface area (TPSA) is 89.9 Å². The van der Waals surface area contributed by atoms with Gasteiger partial charge in [0.15, 0.2) is 0 Å². The molecule has 1 amide bonds. The standard InChI is InChI=1S/C19H25NO5S/c1-2-25-16(23)19-7-14(8-19)26(24,11-19)20-15(22)12-3-17(4-12)9-18(10-17)5-13(21)6-18/h12,14H,2-11H2,1H3. The van der Waals surface area contributed by atoms with Gasteiger partial charge in [0.1, 0.15) is 5.78 Å². The number of nitrogens with zero attached hydrogens (tertiary/aromatic N) is 1. The number of hydrogen-bond acceptors (Lipinski definition) is 5. The van der Waals surface area contributed by atoms with E-state index >= 15 is 0 Å². The molecule has 0 aromatic rings. The molecule has 1 unspecified atom stereocenters. The largest absolute Gasteiger partial charge is 0.466 e. The van der Waals surface area contributed by atoms with Gasteiger partial charge in [-0.25, -0.2) is 4.21 Å². The molecule has 6 fully saturated rings. The van der Waals surface area contributed by atoms with Crippen LogP contribution in [-0.4, -0.2) is 39.5 Å². The Balaban J connectivity index is 1.21. The van der Waals surface area contributed by atoms with Crippen LogP contribution in [0.25, 0.3) is 0 Å². The summed E-state index contributed by atoms with van der Waals surface area (Å²) in [6.45, 7) is 2.08. The van der Waals surface area contributed by atoms with Crippen molar-refractivity contribution in [1.29, 1.82) is 0 Å². The molecule has 2 spiro atoms. The van der Waals surface area contributed by atoms with Crippen LogP contribution >= 0.6 is 0 Å². The molecule has 6 aliphatic rings. The zero-order chi connectivity index (χ0) is 18.4. The maximum absolute atomic E-state index is 13.1. The number of amides is 1. The van der Waals surface area contributed by atoms with Crippen molar-refractivity contribution >= 4 is 27.4 Å². The maximum atomic E-state index is 13.1. The Morgan fingerprint density at radius 3 is 2.38 bits per heavy atom. The average Bonchev–Trinajstić information content (AvgIpc) is 2.86. The van der Waals surface area contributed by atoms with Crippen molar-refractivity contribution in [1.82, 2.24) is 0 Å². The third kappa shape index (κ3) is 2.15. The SMILES string of the molecule is CCOC(=O)C12CC(C1)S(=O)(=NC(=O)C1CC3(C1)CC1(CC(=O)C1)C3)C2. The number of Topliss-reactive ketones (excluding diaryl/α,β-unsaturated/α-hetero) is 1. The molecule has 6 nitrogen and oxygen atoms in total. The number of fused-ring (bicyclic) bond motifs is 1. The quantitative estimate of drug-likeness (QED) is 0.702. The van der Waals surface area contributed by atoms with Crippen molar-refractivity contribution < 1.29 is 23.3 Å². The fraction of sp³-hybridized carbons (Fsp3) is 0.842. The zero-order valence-electron chi connectivity index (χ0n) is 15.1. The molecule has 2 aliphatic heterocycles. The highest BCUT2D eigenvalue weighted by atomic mass is 32.2. The zero-order valence-corrected chi connectivity index (χ0v) is 15.9. The predicted octanol–water partition coefficient (Wildman–Crippen LogP) is 2.25. The molecule has 2 saturated heterocycles. The van der Waals surface area contributed by atoms with Gasteiger partial charge in [-0.3, -0.25) is 14.4 Å². The minimum atomic E-state index is -2.62. The third-order valence-corrected chi connectivity index (χ3v) is 10.4. The molecule has 4 aliphatic carbocycles. The molecular formula is C19H25NO5S. The van der Waals surface area contributed by atoms with E-state index in [-0.39, 0.29) is 39.6 Å². The molecule has 6 rings (SSSR count). The molecule has 26 heavy (non-hydrogen) atoms. The minimum Gasteiger partial charge on any atom is -0.466 e. The lowest BCUT2D eigenvalue weighted by molar-refractivity contribution is -0.178. The number of esters is 1. The first-order chi connectivity index (χ1) is 12.2. The van der Waals surface area contributed by atoms with Gasteiger partial charge in [0, 0.05) is 29.8 Å². The molecule has 0 radical (unpaired) electrons. The van der Waals surface area contributed by atoms with E-state index < -0.39 is 15.1 Å². The molecule has 1 atom stereocenters. The fourth-order valence-electron chi connectivity index (χ4n) is 6.57. The van der Waals surface area contributed by atoms with Crippen molar-refractivity contribution in [2.24, 2.45) is 26.5 Å². The van der Waals surface area contributed by atoms with Crippen LogP contribution in [0.1, 0.15) is 58.3 Å². The number of carbonyl (C=O) groups is 3. The van der Waals surface area contributed by atoms with Gasteiger partial charge in [-0.05, 0) is 56.3 Å². The Morgan fingerprint density at radius 1 is 1.15 bits per heavy atom. The van der Waals surface area contributed by atoms with E-state index in [2.05, 4.69) is 4.36 Å². The predicted molar refractivity (Wildman–Crippen MR) is 93.6 cm³/mol. The van der Waals surface area contributed by atoms with Crippen molar-refractivity contribution in [3.63, 3.8) is 0 Å². The lowest BCUT2D eigenvalue weighted by Gasteiger charge is -2.66. The van der Waals surface area contributed by atoms with Crippen molar-refractivity contribution in [2.45, 2.75) is 63.5 Å². The molecule has 142 valence electrons. The smallest absolute Gasteiger partial charge is 0.313 e. The van der Waals surface area contributed by atoms with Gasteiger partial charge < -0.3 is 4.74 Å². The molecule has 2 bridgehead atoms. The first-order valence-corrected chi connectivity index (χ1v) is 11.4. The van der Waals surface area contributed by atoms with Gasteiger partial charge in [0.2, 0.25) is 0 Å². The molecule has 7 heteroatoms. The highest BCUT2D eigenvalue weighted by Gasteiger charge is 2.66. The highest BCUT2D eigenvalue weighted by Crippen LogP contribution is 2.71. The van der Waals surface area contributed by atoms with Crippen LogP contribution in [0.4, 0.5) is 0 Å². The Morgan fingerprint density at radius 2 is 1.81 bits per heavy atom. The number of carbonyl (C=O) groups excluding carboxylic acids is 3. The first kappa shape index (κ1) is 16.9. The normalized spacial score (nSPS) is 41.0. The van der Waals surface area contributed by atoms with Crippen LogP contribution in [0, 0.1) is 22.2 Å². The molecule has 0 aromatic heterocycles. The summed E-state index contributed by atoms with van der Waals surface area (Å²) in [5, 5.41) is -0.127. The van der Waals surface area contributed by atoms with Gasteiger partial charge in [-0.15, -0.1) is 0 Å². The van der Waals surface area contributed by atoms with Crippen LogP contribution in [0.5, 0.6) is 0 Å². The van der Waals surface area contributed by atoms with Gasteiger partial charge >= 0.3 is 5.97 Å². The highest BCUT2D eigenvalue weighted by molar-refractivity contribution is 7.95. The molecular weight excluding hydrogens is 354 g/mol. The number of rotatable bonds is 3. The minimum absolute atomic E-state index is 0.113.